The van der Waals surface area contributed by atoms with Gasteiger partial charge in [0.1, 0.15) is 0 Å². The molecule has 0 radical (unpaired) electrons. The second kappa shape index (κ2) is 5.36. The highest BCUT2D eigenvalue weighted by Gasteiger charge is 2.34. The zero-order valence-electron chi connectivity index (χ0n) is 10.2. The molecule has 0 aliphatic carbocycles. The lowest BCUT2D eigenvalue weighted by atomic mass is 10.1. The van der Waals surface area contributed by atoms with E-state index in [-0.39, 0.29) is 37.2 Å². The zero-order valence-corrected chi connectivity index (χ0v) is 10.2. The van der Waals surface area contributed by atoms with Crippen LogP contribution in [-0.4, -0.2) is 35.7 Å². The van der Waals surface area contributed by atoms with Gasteiger partial charge >= 0.3 is 0 Å². The Morgan fingerprint density at radius 1 is 1.21 bits per heavy atom. The Morgan fingerprint density at radius 3 is 2.32 bits per heavy atom. The maximum atomic E-state index is 12.0. The van der Waals surface area contributed by atoms with Gasteiger partial charge in [0.05, 0.1) is 17.7 Å². The second-order valence-electron chi connectivity index (χ2n) is 4.04. The van der Waals surface area contributed by atoms with E-state index in [1.165, 1.54) is 0 Å². The third-order valence-electron chi connectivity index (χ3n) is 2.83. The fourth-order valence-electron chi connectivity index (χ4n) is 1.89. The van der Waals surface area contributed by atoms with E-state index < -0.39 is 0 Å². The van der Waals surface area contributed by atoms with Crippen molar-refractivity contribution < 1.29 is 14.4 Å². The molecule has 5 heteroatoms. The molecule has 0 bridgehead atoms. The van der Waals surface area contributed by atoms with E-state index in [0.717, 1.165) is 4.90 Å². The van der Waals surface area contributed by atoms with Crippen LogP contribution < -0.4 is 5.32 Å². The summed E-state index contributed by atoms with van der Waals surface area (Å²) in [5, 5.41) is 2.48. The van der Waals surface area contributed by atoms with Crippen molar-refractivity contribution in [3.8, 4) is 12.3 Å². The van der Waals surface area contributed by atoms with Gasteiger partial charge in [0.2, 0.25) is 5.91 Å². The number of nitrogens with one attached hydrogen (secondary N) is 1. The second-order valence-corrected chi connectivity index (χ2v) is 4.04. The third-order valence-corrected chi connectivity index (χ3v) is 2.83. The lowest BCUT2D eigenvalue weighted by Crippen LogP contribution is -2.34. The summed E-state index contributed by atoms with van der Waals surface area (Å²) < 4.78 is 0. The molecule has 5 nitrogen and oxygen atoms in total. The third kappa shape index (κ3) is 2.47. The Morgan fingerprint density at radius 2 is 1.79 bits per heavy atom. The molecule has 1 aromatic rings. The van der Waals surface area contributed by atoms with Crippen LogP contribution in [0.25, 0.3) is 0 Å². The van der Waals surface area contributed by atoms with Crippen LogP contribution in [0, 0.1) is 12.3 Å². The molecule has 1 aliphatic rings. The smallest absolute Gasteiger partial charge is 0.261 e. The van der Waals surface area contributed by atoms with Crippen LogP contribution in [0.1, 0.15) is 27.1 Å². The Labute approximate surface area is 110 Å². The first kappa shape index (κ1) is 12.8. The van der Waals surface area contributed by atoms with Crippen molar-refractivity contribution in [3.63, 3.8) is 0 Å². The van der Waals surface area contributed by atoms with Gasteiger partial charge in [0.15, 0.2) is 0 Å². The Balaban J connectivity index is 2.01. The number of rotatable bonds is 4. The maximum Gasteiger partial charge on any atom is 0.261 e. The van der Waals surface area contributed by atoms with Gasteiger partial charge in [-0.3, -0.25) is 19.3 Å². The number of imide groups is 1. The average Bonchev–Trinajstić information content (AvgIpc) is 2.67. The van der Waals surface area contributed by atoms with E-state index in [1.807, 2.05) is 0 Å². The minimum Gasteiger partial charge on any atom is -0.345 e. The van der Waals surface area contributed by atoms with Crippen molar-refractivity contribution >= 4 is 17.7 Å². The molecule has 0 saturated carbocycles. The van der Waals surface area contributed by atoms with E-state index in [9.17, 15) is 14.4 Å². The topological polar surface area (TPSA) is 66.5 Å². The molecule has 3 amide bonds. The molecule has 0 fully saturated rings. The summed E-state index contributed by atoms with van der Waals surface area (Å²) in [4.78, 5) is 36.4. The molecule has 19 heavy (non-hydrogen) atoms. The molecular weight excluding hydrogens is 244 g/mol. The quantitative estimate of drug-likeness (QED) is 0.627. The number of terminal acetylenes is 1. The summed E-state index contributed by atoms with van der Waals surface area (Å²) in [5.74, 6) is 1.28. The predicted octanol–water partition coefficient (Wildman–Crippen LogP) is 0.422. The number of hydrogen-bond acceptors (Lipinski definition) is 3. The highest BCUT2D eigenvalue weighted by atomic mass is 16.2. The van der Waals surface area contributed by atoms with Gasteiger partial charge in [-0.1, -0.05) is 18.1 Å². The first-order chi connectivity index (χ1) is 9.15. The van der Waals surface area contributed by atoms with Gasteiger partial charge in [0, 0.05) is 13.0 Å². The minimum atomic E-state index is -0.356. The molecular formula is C14H12N2O3. The number of benzene rings is 1. The van der Waals surface area contributed by atoms with Crippen LogP contribution in [0.5, 0.6) is 0 Å². The molecule has 0 unspecified atom stereocenters. The number of carbonyl (C=O) groups excluding carboxylic acids is 3. The van der Waals surface area contributed by atoms with Crippen LogP contribution in [0.2, 0.25) is 0 Å². The highest BCUT2D eigenvalue weighted by molar-refractivity contribution is 6.21. The molecule has 1 aliphatic heterocycles. The molecule has 0 spiro atoms. The summed E-state index contributed by atoms with van der Waals surface area (Å²) in [6.07, 6.45) is 5.06. The first-order valence-electron chi connectivity index (χ1n) is 5.80. The van der Waals surface area contributed by atoms with Crippen molar-refractivity contribution in [2.45, 2.75) is 6.42 Å². The Kier molecular flexibility index (Phi) is 3.62. The number of fused-ring (bicyclic) bond motifs is 1. The predicted molar refractivity (Wildman–Crippen MR) is 68.3 cm³/mol. The average molecular weight is 256 g/mol. The molecule has 96 valence electrons. The van der Waals surface area contributed by atoms with E-state index in [1.54, 1.807) is 24.3 Å². The first-order valence-corrected chi connectivity index (χ1v) is 5.80. The highest BCUT2D eigenvalue weighted by Crippen LogP contribution is 2.22. The van der Waals surface area contributed by atoms with Gasteiger partial charge < -0.3 is 5.32 Å². The fraction of sp³-hybridized carbons (Fsp3) is 0.214. The van der Waals surface area contributed by atoms with Gasteiger partial charge in [0.25, 0.3) is 11.8 Å². The minimum absolute atomic E-state index is 0.0488. The van der Waals surface area contributed by atoms with Crippen molar-refractivity contribution in [1.82, 2.24) is 10.2 Å². The lowest BCUT2D eigenvalue weighted by molar-refractivity contribution is -0.120. The van der Waals surface area contributed by atoms with E-state index >= 15 is 0 Å². The Hall–Kier alpha value is -2.61. The summed E-state index contributed by atoms with van der Waals surface area (Å²) in [7, 11) is 0. The summed E-state index contributed by atoms with van der Waals surface area (Å²) >= 11 is 0. The molecule has 0 atom stereocenters. The molecule has 1 aromatic carbocycles. The fourth-order valence-corrected chi connectivity index (χ4v) is 1.89. The van der Waals surface area contributed by atoms with Gasteiger partial charge in [-0.15, -0.1) is 6.42 Å². The van der Waals surface area contributed by atoms with Crippen molar-refractivity contribution in [2.75, 3.05) is 13.1 Å². The summed E-state index contributed by atoms with van der Waals surface area (Å²) in [5.41, 5.74) is 0.771. The van der Waals surface area contributed by atoms with Crippen LogP contribution in [0.3, 0.4) is 0 Å². The maximum absolute atomic E-state index is 12.0. The normalized spacial score (nSPS) is 13.1. The summed E-state index contributed by atoms with van der Waals surface area (Å²) in [6.45, 7) is 0.198. The number of hydrogen-bond donors (Lipinski definition) is 1. The monoisotopic (exact) mass is 256 g/mol. The van der Waals surface area contributed by atoms with Crippen molar-refractivity contribution in [2.24, 2.45) is 0 Å². The van der Waals surface area contributed by atoms with Crippen molar-refractivity contribution in [3.05, 3.63) is 35.4 Å². The standard InChI is InChI=1S/C14H12N2O3/c1-2-8-15-12(17)7-9-16-13(18)10-5-3-4-6-11(10)14(16)19/h1,3-6H,7-9H2,(H,15,17). The zero-order chi connectivity index (χ0) is 13.8. The number of carbonyl (C=O) groups is 3. The molecule has 0 saturated heterocycles. The van der Waals surface area contributed by atoms with Crippen LogP contribution in [0.4, 0.5) is 0 Å². The number of amides is 3. The van der Waals surface area contributed by atoms with Gasteiger partial charge in [-0.2, -0.15) is 0 Å². The SMILES string of the molecule is C#CCNC(=O)CCN1C(=O)c2ccccc2C1=O. The molecule has 2 rings (SSSR count). The van der Waals surface area contributed by atoms with Crippen LogP contribution in [0.15, 0.2) is 24.3 Å². The molecule has 1 heterocycles. The Bertz CT molecular complexity index is 552. The van der Waals surface area contributed by atoms with Crippen LogP contribution >= 0.6 is 0 Å². The van der Waals surface area contributed by atoms with Gasteiger partial charge in [-0.25, -0.2) is 0 Å². The molecule has 0 aromatic heterocycles. The van der Waals surface area contributed by atoms with E-state index in [0.29, 0.717) is 11.1 Å². The van der Waals surface area contributed by atoms with Crippen molar-refractivity contribution in [1.29, 1.82) is 0 Å². The largest absolute Gasteiger partial charge is 0.345 e. The van der Waals surface area contributed by atoms with E-state index in [2.05, 4.69) is 11.2 Å². The van der Waals surface area contributed by atoms with Gasteiger partial charge in [-0.05, 0) is 12.1 Å². The number of nitrogens with zero attached hydrogens (tertiary/aromatic N) is 1. The lowest BCUT2D eigenvalue weighted by Gasteiger charge is -2.12. The van der Waals surface area contributed by atoms with E-state index in [4.69, 9.17) is 6.42 Å². The summed E-state index contributed by atoms with van der Waals surface area (Å²) in [6, 6.07) is 6.61. The molecule has 1 N–H and O–H groups in total. The van der Waals surface area contributed by atoms with Crippen LogP contribution in [-0.2, 0) is 4.79 Å².